The highest BCUT2D eigenvalue weighted by molar-refractivity contribution is 5.84. The molecule has 0 atom stereocenters. The van der Waals surface area contributed by atoms with Crippen molar-refractivity contribution in [3.05, 3.63) is 0 Å². The Kier molecular flexibility index (Phi) is 6.03. The number of hydrogen-bond acceptors (Lipinski definition) is 5. The third-order valence-corrected chi connectivity index (χ3v) is 4.59. The lowest BCUT2D eigenvalue weighted by molar-refractivity contribution is -0.190. The molecule has 0 saturated heterocycles. The first-order valence-corrected chi connectivity index (χ1v) is 8.19. The Hall–Kier alpha value is -1.10. The van der Waals surface area contributed by atoms with Gasteiger partial charge >= 0.3 is 11.9 Å². The molecule has 0 aromatic heterocycles. The summed E-state index contributed by atoms with van der Waals surface area (Å²) in [5, 5.41) is 8.80. The lowest BCUT2D eigenvalue weighted by atomic mass is 9.84. The monoisotopic (exact) mass is 298 g/mol. The van der Waals surface area contributed by atoms with Crippen molar-refractivity contribution in [1.82, 2.24) is 0 Å². The topological polar surface area (TPSA) is 72.8 Å². The largest absolute Gasteiger partial charge is 0.460 e. The number of ether oxygens (including phenoxy) is 2. The maximum atomic E-state index is 12.4. The van der Waals surface area contributed by atoms with Crippen LogP contribution in [0.2, 0.25) is 0 Å². The Morgan fingerprint density at radius 1 is 1.00 bits per heavy atom. The van der Waals surface area contributed by atoms with Crippen LogP contribution in [0.5, 0.6) is 0 Å². The van der Waals surface area contributed by atoms with E-state index in [0.717, 1.165) is 44.9 Å². The third-order valence-electron chi connectivity index (χ3n) is 4.59. The SMILES string of the molecule is O=C(OC1(C(=O)OCCO)CCCCC1)C1CCCCC1. The van der Waals surface area contributed by atoms with E-state index in [1.54, 1.807) is 0 Å². The van der Waals surface area contributed by atoms with Gasteiger partial charge in [-0.05, 0) is 38.5 Å². The molecule has 5 heteroatoms. The van der Waals surface area contributed by atoms with Crippen LogP contribution in [0.1, 0.15) is 64.2 Å². The maximum absolute atomic E-state index is 12.4. The first-order valence-electron chi connectivity index (χ1n) is 8.19. The Morgan fingerprint density at radius 3 is 2.24 bits per heavy atom. The average Bonchev–Trinajstić information content (AvgIpc) is 2.54. The standard InChI is InChI=1S/C16H26O5/c17-11-12-20-15(19)16(9-5-2-6-10-16)21-14(18)13-7-3-1-4-8-13/h13,17H,1-12H2. The molecule has 0 spiro atoms. The molecule has 1 N–H and O–H groups in total. The first-order chi connectivity index (χ1) is 10.2. The van der Waals surface area contributed by atoms with Crippen molar-refractivity contribution in [2.24, 2.45) is 5.92 Å². The fourth-order valence-corrected chi connectivity index (χ4v) is 3.35. The lowest BCUT2D eigenvalue weighted by Gasteiger charge is -2.35. The molecule has 0 aromatic rings. The summed E-state index contributed by atoms with van der Waals surface area (Å²) in [5.74, 6) is -0.791. The van der Waals surface area contributed by atoms with E-state index in [-0.39, 0.29) is 25.1 Å². The van der Waals surface area contributed by atoms with Crippen LogP contribution in [0.4, 0.5) is 0 Å². The van der Waals surface area contributed by atoms with Crippen LogP contribution in [0.3, 0.4) is 0 Å². The van der Waals surface area contributed by atoms with E-state index in [2.05, 4.69) is 0 Å². The highest BCUT2D eigenvalue weighted by atomic mass is 16.6. The van der Waals surface area contributed by atoms with Crippen molar-refractivity contribution < 1.29 is 24.2 Å². The lowest BCUT2D eigenvalue weighted by Crippen LogP contribution is -2.47. The number of aliphatic hydroxyl groups is 1. The minimum Gasteiger partial charge on any atom is -0.460 e. The van der Waals surface area contributed by atoms with Gasteiger partial charge in [0.2, 0.25) is 5.60 Å². The van der Waals surface area contributed by atoms with Gasteiger partial charge in [-0.25, -0.2) is 4.79 Å². The Balaban J connectivity index is 2.01. The fraction of sp³-hybridized carbons (Fsp3) is 0.875. The molecule has 0 aromatic carbocycles. The zero-order valence-electron chi connectivity index (χ0n) is 12.6. The van der Waals surface area contributed by atoms with Crippen LogP contribution in [0, 0.1) is 5.92 Å². The molecule has 2 aliphatic rings. The van der Waals surface area contributed by atoms with Crippen molar-refractivity contribution in [2.75, 3.05) is 13.2 Å². The van der Waals surface area contributed by atoms with Gasteiger partial charge in [0.05, 0.1) is 12.5 Å². The van der Waals surface area contributed by atoms with E-state index in [4.69, 9.17) is 14.6 Å². The second kappa shape index (κ2) is 7.78. The number of rotatable bonds is 5. The van der Waals surface area contributed by atoms with Gasteiger partial charge in [-0.15, -0.1) is 0 Å². The van der Waals surface area contributed by atoms with E-state index >= 15 is 0 Å². The van der Waals surface area contributed by atoms with Gasteiger partial charge in [0.1, 0.15) is 6.61 Å². The number of carbonyl (C=O) groups is 2. The summed E-state index contributed by atoms with van der Waals surface area (Å²) in [4.78, 5) is 24.7. The summed E-state index contributed by atoms with van der Waals surface area (Å²) in [6.45, 7) is -0.250. The molecule has 0 unspecified atom stereocenters. The van der Waals surface area contributed by atoms with Crippen LogP contribution in [0.25, 0.3) is 0 Å². The molecule has 21 heavy (non-hydrogen) atoms. The fourth-order valence-electron chi connectivity index (χ4n) is 3.35. The van der Waals surface area contributed by atoms with E-state index in [0.29, 0.717) is 12.8 Å². The molecule has 0 amide bonds. The quantitative estimate of drug-likeness (QED) is 0.789. The Labute approximate surface area is 126 Å². The molecule has 0 radical (unpaired) electrons. The minimum atomic E-state index is -1.11. The summed E-state index contributed by atoms with van der Waals surface area (Å²) < 4.78 is 10.7. The van der Waals surface area contributed by atoms with Crippen molar-refractivity contribution in [3.8, 4) is 0 Å². The highest BCUT2D eigenvalue weighted by Crippen LogP contribution is 2.35. The average molecular weight is 298 g/mol. The smallest absolute Gasteiger partial charge is 0.350 e. The molecular weight excluding hydrogens is 272 g/mol. The molecule has 0 heterocycles. The maximum Gasteiger partial charge on any atom is 0.350 e. The van der Waals surface area contributed by atoms with Crippen LogP contribution in [-0.2, 0) is 19.1 Å². The van der Waals surface area contributed by atoms with Crippen LogP contribution >= 0.6 is 0 Å². The number of aliphatic hydroxyl groups excluding tert-OH is 1. The van der Waals surface area contributed by atoms with E-state index in [1.165, 1.54) is 6.42 Å². The second-order valence-electron chi connectivity index (χ2n) is 6.17. The van der Waals surface area contributed by atoms with Crippen LogP contribution in [0.15, 0.2) is 0 Å². The molecule has 2 aliphatic carbocycles. The molecule has 5 nitrogen and oxygen atoms in total. The zero-order chi connectivity index (χ0) is 15.1. The Morgan fingerprint density at radius 2 is 1.62 bits per heavy atom. The van der Waals surface area contributed by atoms with Gasteiger partial charge in [-0.3, -0.25) is 4.79 Å². The molecule has 120 valence electrons. The second-order valence-corrected chi connectivity index (χ2v) is 6.17. The summed E-state index contributed by atoms with van der Waals surface area (Å²) in [5.41, 5.74) is -1.11. The summed E-state index contributed by atoms with van der Waals surface area (Å²) >= 11 is 0. The third kappa shape index (κ3) is 4.19. The first kappa shape index (κ1) is 16.3. The van der Waals surface area contributed by atoms with Crippen molar-refractivity contribution in [3.63, 3.8) is 0 Å². The van der Waals surface area contributed by atoms with E-state index in [1.807, 2.05) is 0 Å². The van der Waals surface area contributed by atoms with Gasteiger partial charge in [0.15, 0.2) is 0 Å². The Bertz CT molecular complexity index is 354. The molecular formula is C16H26O5. The van der Waals surface area contributed by atoms with Crippen molar-refractivity contribution >= 4 is 11.9 Å². The normalized spacial score (nSPS) is 22.5. The molecule has 2 saturated carbocycles. The number of carbonyl (C=O) groups excluding carboxylic acids is 2. The van der Waals surface area contributed by atoms with E-state index < -0.39 is 11.6 Å². The van der Waals surface area contributed by atoms with Crippen molar-refractivity contribution in [2.45, 2.75) is 69.8 Å². The molecule has 2 rings (SSSR count). The van der Waals surface area contributed by atoms with Gasteiger partial charge in [0, 0.05) is 0 Å². The van der Waals surface area contributed by atoms with E-state index in [9.17, 15) is 9.59 Å². The van der Waals surface area contributed by atoms with Gasteiger partial charge in [-0.1, -0.05) is 25.7 Å². The number of esters is 2. The van der Waals surface area contributed by atoms with Crippen molar-refractivity contribution in [1.29, 1.82) is 0 Å². The molecule has 0 aliphatic heterocycles. The van der Waals surface area contributed by atoms with Gasteiger partial charge in [0.25, 0.3) is 0 Å². The molecule has 2 fully saturated rings. The summed E-state index contributed by atoms with van der Waals surface area (Å²) in [6.07, 6.45) is 8.87. The number of hydrogen-bond donors (Lipinski definition) is 1. The highest BCUT2D eigenvalue weighted by Gasteiger charge is 2.45. The van der Waals surface area contributed by atoms with Crippen LogP contribution in [-0.4, -0.2) is 35.9 Å². The summed E-state index contributed by atoms with van der Waals surface area (Å²) in [7, 11) is 0. The predicted octanol–water partition coefficient (Wildman–Crippen LogP) is 2.35. The van der Waals surface area contributed by atoms with Gasteiger partial charge < -0.3 is 14.6 Å². The zero-order valence-corrected chi connectivity index (χ0v) is 12.6. The minimum absolute atomic E-state index is 0.0401. The van der Waals surface area contributed by atoms with Crippen LogP contribution < -0.4 is 0 Å². The summed E-state index contributed by atoms with van der Waals surface area (Å²) in [6, 6.07) is 0. The molecule has 0 bridgehead atoms. The van der Waals surface area contributed by atoms with Gasteiger partial charge in [-0.2, -0.15) is 0 Å². The predicted molar refractivity (Wildman–Crippen MR) is 76.5 cm³/mol.